The Balaban J connectivity index is 0.000001000. The molecule has 2 nitrogen and oxygen atoms in total. The summed E-state index contributed by atoms with van der Waals surface area (Å²) in [7, 11) is 0. The second-order valence-corrected chi connectivity index (χ2v) is 2.17. The molecular formula is C8H8LrO2. The molecule has 1 aromatic carbocycles. The van der Waals surface area contributed by atoms with E-state index in [4.69, 9.17) is 5.11 Å². The minimum Gasteiger partial charge on any atom is -0.478 e. The van der Waals surface area contributed by atoms with Gasteiger partial charge >= 0.3 is 5.97 Å². The van der Waals surface area contributed by atoms with Gasteiger partial charge in [-0.25, -0.2) is 4.79 Å². The van der Waals surface area contributed by atoms with Gasteiger partial charge in [-0.05, 0) is 19.1 Å². The third-order valence-corrected chi connectivity index (χ3v) is 1.30. The van der Waals surface area contributed by atoms with Gasteiger partial charge in [0.05, 0.1) is 5.56 Å². The summed E-state index contributed by atoms with van der Waals surface area (Å²) < 4.78 is 0. The van der Waals surface area contributed by atoms with E-state index in [1.54, 1.807) is 24.3 Å². The summed E-state index contributed by atoms with van der Waals surface area (Å²) in [6.45, 7) is 1.92. The van der Waals surface area contributed by atoms with Crippen LogP contribution in [0.5, 0.6) is 0 Å². The minimum absolute atomic E-state index is 0. The first-order valence-electron chi connectivity index (χ1n) is 3.00. The summed E-state index contributed by atoms with van der Waals surface area (Å²) in [5, 5.41) is 8.48. The fourth-order valence-corrected chi connectivity index (χ4v) is 0.696. The molecular weight excluding hydrogens is 390 g/mol. The molecule has 0 fully saturated rings. The molecule has 3 heteroatoms. The van der Waals surface area contributed by atoms with Gasteiger partial charge < -0.3 is 5.11 Å². The summed E-state index contributed by atoms with van der Waals surface area (Å²) in [5.74, 6) is -0.875. The summed E-state index contributed by atoms with van der Waals surface area (Å²) in [6, 6.07) is 6.75. The molecule has 0 aliphatic carbocycles. The van der Waals surface area contributed by atoms with Crippen molar-refractivity contribution < 1.29 is 9.90 Å². The average molecular weight is 398 g/mol. The van der Waals surface area contributed by atoms with Crippen molar-refractivity contribution in [2.45, 2.75) is 6.92 Å². The Labute approximate surface area is 59.1 Å². The van der Waals surface area contributed by atoms with E-state index < -0.39 is 5.97 Å². The Morgan fingerprint density at radius 1 is 1.27 bits per heavy atom. The Kier molecular flexibility index (Phi) is 2.38. The number of aromatic carboxylic acids is 1. The summed E-state index contributed by atoms with van der Waals surface area (Å²) >= 11 is 0. The molecule has 0 atom stereocenters. The van der Waals surface area contributed by atoms with Gasteiger partial charge in [-0.15, -0.1) is 0 Å². The number of rotatable bonds is 1. The number of hydrogen-bond donors (Lipinski definition) is 1. The van der Waals surface area contributed by atoms with Crippen LogP contribution in [-0.2, 0) is 0 Å². The third kappa shape index (κ3) is 1.82. The van der Waals surface area contributed by atoms with E-state index in [2.05, 4.69) is 0 Å². The van der Waals surface area contributed by atoms with Crippen molar-refractivity contribution >= 4 is 5.97 Å². The molecule has 67 valence electrons. The van der Waals surface area contributed by atoms with E-state index in [0.717, 1.165) is 5.56 Å². The van der Waals surface area contributed by atoms with Gasteiger partial charge in [-0.3, -0.25) is 0 Å². The predicted molar refractivity (Wildman–Crippen MR) is 38.1 cm³/mol. The number of aryl methyl sites for hydroxylation is 1. The third-order valence-electron chi connectivity index (χ3n) is 1.30. The van der Waals surface area contributed by atoms with Gasteiger partial charge in [0.15, 0.2) is 0 Å². The number of benzene rings is 1. The smallest absolute Gasteiger partial charge is 0.335 e. The molecule has 0 aliphatic rings. The van der Waals surface area contributed by atoms with Crippen LogP contribution in [0.25, 0.3) is 0 Å². The first-order valence-corrected chi connectivity index (χ1v) is 3.00. The molecule has 0 spiro atoms. The Hall–Kier alpha value is -2.31. The maximum absolute atomic E-state index is 10.3. The summed E-state index contributed by atoms with van der Waals surface area (Å²) in [5.41, 5.74) is 1.41. The van der Waals surface area contributed by atoms with Gasteiger partial charge in [-0.2, -0.15) is 0 Å². The molecule has 1 radical (unpaired) electrons. The number of carbonyl (C=O) groups is 1. The van der Waals surface area contributed by atoms with Crippen molar-refractivity contribution in [1.82, 2.24) is 0 Å². The first-order chi connectivity index (χ1) is 4.70. The van der Waals surface area contributed by atoms with Crippen LogP contribution in [0.2, 0.25) is 0 Å². The van der Waals surface area contributed by atoms with E-state index in [9.17, 15) is 4.79 Å². The molecule has 1 N–H and O–H groups in total. The van der Waals surface area contributed by atoms with Crippen molar-refractivity contribution in [2.75, 3.05) is 0 Å². The second-order valence-electron chi connectivity index (χ2n) is 2.17. The first kappa shape index (κ1) is 8.69. The quantitative estimate of drug-likeness (QED) is 0.782. The van der Waals surface area contributed by atoms with Crippen LogP contribution in [0, 0.1) is 6.92 Å². The number of carboxylic acid groups (broad SMARTS) is 1. The molecule has 0 aromatic heterocycles. The molecule has 0 aliphatic heterocycles. The maximum atomic E-state index is 10.3. The molecule has 11 heavy (non-hydrogen) atoms. The normalized spacial score (nSPS) is 8.45. The Morgan fingerprint density at radius 3 is 2.09 bits per heavy atom. The van der Waals surface area contributed by atoms with Crippen molar-refractivity contribution in [3.63, 3.8) is 0 Å². The van der Waals surface area contributed by atoms with Crippen molar-refractivity contribution in [3.05, 3.63) is 35.4 Å². The van der Waals surface area contributed by atoms with Crippen molar-refractivity contribution in [1.29, 1.82) is 0 Å². The van der Waals surface area contributed by atoms with E-state index in [-0.39, 0.29) is 0 Å². The minimum atomic E-state index is -0.875. The van der Waals surface area contributed by atoms with Crippen LogP contribution >= 0.6 is 0 Å². The topological polar surface area (TPSA) is 37.3 Å². The summed E-state index contributed by atoms with van der Waals surface area (Å²) in [6.07, 6.45) is 0. The van der Waals surface area contributed by atoms with Crippen LogP contribution < -0.4 is 0 Å². The Morgan fingerprint density at radius 2 is 1.73 bits per heavy atom. The van der Waals surface area contributed by atoms with E-state index in [1.165, 1.54) is 0 Å². The molecule has 0 unspecified atom stereocenters. The zero-order valence-corrected chi connectivity index (χ0v) is 8.07. The van der Waals surface area contributed by atoms with Crippen LogP contribution in [-0.4, -0.2) is 11.1 Å². The molecule has 1 rings (SSSR count). The van der Waals surface area contributed by atoms with Gasteiger partial charge in [-0.1, -0.05) is 17.7 Å². The molecule has 0 bridgehead atoms. The fourth-order valence-electron chi connectivity index (χ4n) is 0.696. The van der Waals surface area contributed by atoms with Crippen LogP contribution in [0.15, 0.2) is 24.3 Å². The van der Waals surface area contributed by atoms with Gasteiger partial charge in [0, 0.05) is 0 Å². The molecule has 1 aromatic rings. The second kappa shape index (κ2) is 3.01. The fraction of sp³-hybridized carbons (Fsp3) is 0.125. The molecule has 0 saturated carbocycles. The van der Waals surface area contributed by atoms with Crippen LogP contribution in [0.1, 0.15) is 15.9 Å². The Bertz CT molecular complexity index is 241. The number of hydrogen-bond acceptors (Lipinski definition) is 1. The zero-order chi connectivity index (χ0) is 7.56. The van der Waals surface area contributed by atoms with Crippen LogP contribution in [0.3, 0.4) is 0 Å². The van der Waals surface area contributed by atoms with Crippen molar-refractivity contribution in [3.8, 4) is 0 Å². The van der Waals surface area contributed by atoms with Crippen molar-refractivity contribution in [2.24, 2.45) is 0 Å². The number of carboxylic acids is 1. The van der Waals surface area contributed by atoms with E-state index in [0.29, 0.717) is 5.56 Å². The molecule has 0 amide bonds. The maximum Gasteiger partial charge on any atom is 0.335 e. The van der Waals surface area contributed by atoms with Gasteiger partial charge in [0.25, 0.3) is 0 Å². The zero-order valence-electron chi connectivity index (χ0n) is 5.92. The standard InChI is InChI=1S/C8H8O2.Lr/c1-6-2-4-7(5-3-6)8(9)10;/h2-5H,1H3,(H,9,10);. The van der Waals surface area contributed by atoms with E-state index in [1.807, 2.05) is 6.92 Å². The van der Waals surface area contributed by atoms with E-state index >= 15 is 0 Å². The van der Waals surface area contributed by atoms with Crippen LogP contribution in [0.4, 0.5) is 0 Å². The largest absolute Gasteiger partial charge is 0.478 e. The SMILES string of the molecule is Cc1ccc(C(=O)O)cc1.[Lr]. The summed E-state index contributed by atoms with van der Waals surface area (Å²) in [4.78, 5) is 10.3. The monoisotopic (exact) mass is 398 g/mol. The van der Waals surface area contributed by atoms with Gasteiger partial charge in [0.1, 0.15) is 0 Å². The average Bonchev–Trinajstić information content (AvgIpc) is 1.88. The molecule has 0 heterocycles. The predicted octanol–water partition coefficient (Wildman–Crippen LogP) is 1.69. The molecule has 0 saturated heterocycles. The van der Waals surface area contributed by atoms with Gasteiger partial charge in [0.2, 0.25) is 0 Å².